The van der Waals surface area contributed by atoms with Gasteiger partial charge in [0.1, 0.15) is 5.69 Å². The maximum absolute atomic E-state index is 11.4. The molecule has 1 aliphatic heterocycles. The first kappa shape index (κ1) is 12.4. The van der Waals surface area contributed by atoms with Crippen LogP contribution in [0.5, 0.6) is 0 Å². The molecule has 1 aromatic rings. The van der Waals surface area contributed by atoms with Gasteiger partial charge in [-0.15, -0.1) is 0 Å². The van der Waals surface area contributed by atoms with Gasteiger partial charge in [0.2, 0.25) is 5.91 Å². The van der Waals surface area contributed by atoms with E-state index in [1.165, 1.54) is 6.33 Å². The summed E-state index contributed by atoms with van der Waals surface area (Å²) < 4.78 is 0. The number of aromatic nitrogens is 2. The summed E-state index contributed by atoms with van der Waals surface area (Å²) in [4.78, 5) is 30.7. The van der Waals surface area contributed by atoms with E-state index in [0.717, 1.165) is 25.9 Å². The summed E-state index contributed by atoms with van der Waals surface area (Å²) in [6, 6.07) is 0. The van der Waals surface area contributed by atoms with E-state index in [1.807, 2.05) is 4.90 Å². The van der Waals surface area contributed by atoms with E-state index >= 15 is 0 Å². The van der Waals surface area contributed by atoms with Crippen LogP contribution in [0.3, 0.4) is 0 Å². The third-order valence-electron chi connectivity index (χ3n) is 3.27. The maximum Gasteiger partial charge on any atom is 0.276 e. The summed E-state index contributed by atoms with van der Waals surface area (Å²) in [6.45, 7) is 1.47. The van der Waals surface area contributed by atoms with Gasteiger partial charge in [-0.1, -0.05) is 0 Å². The van der Waals surface area contributed by atoms with Crippen LogP contribution < -0.4 is 21.9 Å². The number of nitrogens with one attached hydrogen (secondary N) is 1. The van der Waals surface area contributed by atoms with Crippen LogP contribution in [0.25, 0.3) is 0 Å². The quantitative estimate of drug-likeness (QED) is 0.665. The molecule has 2 heterocycles. The van der Waals surface area contributed by atoms with E-state index in [9.17, 15) is 9.59 Å². The molecule has 7 heteroatoms. The molecule has 5 N–H and O–H groups in total. The Kier molecular flexibility index (Phi) is 3.50. The minimum absolute atomic E-state index is 0.144. The van der Waals surface area contributed by atoms with Crippen LogP contribution >= 0.6 is 0 Å². The van der Waals surface area contributed by atoms with Gasteiger partial charge in [-0.05, 0) is 18.8 Å². The number of piperidine rings is 1. The second-order valence-electron chi connectivity index (χ2n) is 4.57. The molecule has 0 unspecified atom stereocenters. The van der Waals surface area contributed by atoms with Crippen molar-refractivity contribution < 1.29 is 4.79 Å². The highest BCUT2D eigenvalue weighted by Crippen LogP contribution is 2.25. The molecule has 1 aromatic heterocycles. The first-order valence-electron chi connectivity index (χ1n) is 5.94. The van der Waals surface area contributed by atoms with Gasteiger partial charge in [-0.2, -0.15) is 0 Å². The van der Waals surface area contributed by atoms with Crippen molar-refractivity contribution in [2.75, 3.05) is 23.7 Å². The van der Waals surface area contributed by atoms with Crippen molar-refractivity contribution in [3.8, 4) is 0 Å². The zero-order valence-corrected chi connectivity index (χ0v) is 10.1. The van der Waals surface area contributed by atoms with E-state index in [2.05, 4.69) is 9.97 Å². The third-order valence-corrected chi connectivity index (χ3v) is 3.27. The van der Waals surface area contributed by atoms with E-state index < -0.39 is 0 Å². The molecule has 1 fully saturated rings. The standard InChI is InChI=1S/C11H17N5O2/c12-8(17)5-7-1-3-16(4-2-7)10-9(13)11(18)15-6-14-10/h6-7H,1-5,13H2,(H2,12,17)(H,14,15,18). The average Bonchev–Trinajstić information content (AvgIpc) is 2.33. The lowest BCUT2D eigenvalue weighted by Gasteiger charge is -2.32. The lowest BCUT2D eigenvalue weighted by Crippen LogP contribution is -2.37. The molecule has 0 atom stereocenters. The molecule has 0 bridgehead atoms. The Hall–Kier alpha value is -2.05. The first-order chi connectivity index (χ1) is 8.58. The molecule has 1 saturated heterocycles. The molecule has 1 amide bonds. The number of hydrogen-bond acceptors (Lipinski definition) is 5. The summed E-state index contributed by atoms with van der Waals surface area (Å²) in [5, 5.41) is 0. The molecule has 18 heavy (non-hydrogen) atoms. The molecule has 0 spiro atoms. The number of anilines is 2. The normalized spacial score (nSPS) is 16.8. The van der Waals surface area contributed by atoms with Gasteiger partial charge in [-0.25, -0.2) is 4.98 Å². The second kappa shape index (κ2) is 5.07. The Balaban J connectivity index is 2.03. The molecule has 0 saturated carbocycles. The highest BCUT2D eigenvalue weighted by molar-refractivity contribution is 5.74. The SMILES string of the molecule is NC(=O)CC1CCN(c2nc[nH]c(=O)c2N)CC1. The average molecular weight is 251 g/mol. The van der Waals surface area contributed by atoms with Crippen LogP contribution in [-0.4, -0.2) is 29.0 Å². The Morgan fingerprint density at radius 1 is 1.50 bits per heavy atom. The number of nitrogens with two attached hydrogens (primary N) is 2. The number of rotatable bonds is 3. The summed E-state index contributed by atoms with van der Waals surface area (Å²) in [7, 11) is 0. The van der Waals surface area contributed by atoms with Crippen molar-refractivity contribution in [3.63, 3.8) is 0 Å². The number of amides is 1. The summed E-state index contributed by atoms with van der Waals surface area (Å²) in [6.07, 6.45) is 3.49. The molecule has 7 nitrogen and oxygen atoms in total. The zero-order valence-electron chi connectivity index (χ0n) is 10.1. The van der Waals surface area contributed by atoms with E-state index in [1.54, 1.807) is 0 Å². The monoisotopic (exact) mass is 251 g/mol. The predicted octanol–water partition coefficient (Wildman–Crippen LogP) is -0.556. The fraction of sp³-hybridized carbons (Fsp3) is 0.545. The smallest absolute Gasteiger partial charge is 0.276 e. The summed E-state index contributed by atoms with van der Waals surface area (Å²) >= 11 is 0. The van der Waals surface area contributed by atoms with Gasteiger partial charge in [0.15, 0.2) is 5.82 Å². The van der Waals surface area contributed by atoms with Gasteiger partial charge in [-0.3, -0.25) is 9.59 Å². The van der Waals surface area contributed by atoms with Gasteiger partial charge in [0.05, 0.1) is 6.33 Å². The molecule has 0 aliphatic carbocycles. The number of carbonyl (C=O) groups is 1. The molecular formula is C11H17N5O2. The van der Waals surface area contributed by atoms with Crippen molar-refractivity contribution in [1.29, 1.82) is 0 Å². The van der Waals surface area contributed by atoms with Crippen LogP contribution in [0.4, 0.5) is 11.5 Å². The van der Waals surface area contributed by atoms with Crippen LogP contribution in [0.15, 0.2) is 11.1 Å². The Morgan fingerprint density at radius 2 is 2.17 bits per heavy atom. The van der Waals surface area contributed by atoms with Crippen molar-refractivity contribution in [3.05, 3.63) is 16.7 Å². The molecule has 0 radical (unpaired) electrons. The van der Waals surface area contributed by atoms with Gasteiger partial charge in [0, 0.05) is 19.5 Å². The lowest BCUT2D eigenvalue weighted by atomic mass is 9.93. The summed E-state index contributed by atoms with van der Waals surface area (Å²) in [5.41, 5.74) is 10.7. The highest BCUT2D eigenvalue weighted by atomic mass is 16.1. The predicted molar refractivity (Wildman–Crippen MR) is 68.0 cm³/mol. The van der Waals surface area contributed by atoms with Gasteiger partial charge in [0.25, 0.3) is 5.56 Å². The molecule has 2 rings (SSSR count). The molecule has 0 aromatic carbocycles. The van der Waals surface area contributed by atoms with Crippen LogP contribution in [0.1, 0.15) is 19.3 Å². The van der Waals surface area contributed by atoms with Crippen molar-refractivity contribution in [2.45, 2.75) is 19.3 Å². The number of primary amides is 1. The van der Waals surface area contributed by atoms with Crippen LogP contribution in [-0.2, 0) is 4.79 Å². The fourth-order valence-corrected chi connectivity index (χ4v) is 2.29. The second-order valence-corrected chi connectivity index (χ2v) is 4.57. The Bertz CT molecular complexity index is 490. The topological polar surface area (TPSA) is 118 Å². The third kappa shape index (κ3) is 2.61. The maximum atomic E-state index is 11.4. The molecule has 1 aliphatic rings. The molecular weight excluding hydrogens is 234 g/mol. The number of nitrogens with zero attached hydrogens (tertiary/aromatic N) is 2. The van der Waals surface area contributed by atoms with Crippen LogP contribution in [0.2, 0.25) is 0 Å². The van der Waals surface area contributed by atoms with Crippen molar-refractivity contribution in [1.82, 2.24) is 9.97 Å². The van der Waals surface area contributed by atoms with E-state index in [0.29, 0.717) is 18.2 Å². The number of carbonyl (C=O) groups excluding carboxylic acids is 1. The van der Waals surface area contributed by atoms with Gasteiger partial charge < -0.3 is 21.4 Å². The Labute approximate surface area is 104 Å². The van der Waals surface area contributed by atoms with Crippen LogP contribution in [0, 0.1) is 5.92 Å². The minimum Gasteiger partial charge on any atom is -0.391 e. The number of H-pyrrole nitrogens is 1. The zero-order chi connectivity index (χ0) is 13.1. The fourth-order valence-electron chi connectivity index (χ4n) is 2.29. The minimum atomic E-state index is -0.320. The Morgan fingerprint density at radius 3 is 2.78 bits per heavy atom. The van der Waals surface area contributed by atoms with Gasteiger partial charge >= 0.3 is 0 Å². The van der Waals surface area contributed by atoms with E-state index in [4.69, 9.17) is 11.5 Å². The largest absolute Gasteiger partial charge is 0.391 e. The van der Waals surface area contributed by atoms with Crippen molar-refractivity contribution >= 4 is 17.4 Å². The number of hydrogen-bond donors (Lipinski definition) is 3. The van der Waals surface area contributed by atoms with Crippen molar-refractivity contribution in [2.24, 2.45) is 11.7 Å². The summed E-state index contributed by atoms with van der Waals surface area (Å²) in [5.74, 6) is 0.584. The number of aromatic amines is 1. The first-order valence-corrected chi connectivity index (χ1v) is 5.94. The van der Waals surface area contributed by atoms with E-state index in [-0.39, 0.29) is 17.2 Å². The lowest BCUT2D eigenvalue weighted by molar-refractivity contribution is -0.119. The molecule has 98 valence electrons. The highest BCUT2D eigenvalue weighted by Gasteiger charge is 2.23. The number of nitrogen functional groups attached to an aromatic ring is 1.